The smallest absolute Gasteiger partial charge is 0.205 e. The van der Waals surface area contributed by atoms with Gasteiger partial charge in [0.25, 0.3) is 5.92 Å². The largest absolute Gasteiger partial charge is 0.261 e. The third-order valence-corrected chi connectivity index (χ3v) is 3.97. The Labute approximate surface area is 105 Å². The van der Waals surface area contributed by atoms with Crippen LogP contribution < -0.4 is 0 Å². The van der Waals surface area contributed by atoms with Crippen molar-refractivity contribution in [2.24, 2.45) is 0 Å². The molecule has 18 heavy (non-hydrogen) atoms. The summed E-state index contributed by atoms with van der Waals surface area (Å²) in [5, 5.41) is 0. The van der Waals surface area contributed by atoms with Crippen molar-refractivity contribution in [3.8, 4) is 0 Å². The number of rotatable bonds is 2. The van der Waals surface area contributed by atoms with Crippen LogP contribution in [0.3, 0.4) is 0 Å². The molecule has 0 bridgehead atoms. The number of hydrogen-bond acceptors (Lipinski definition) is 0. The molecule has 3 rings (SSSR count). The quantitative estimate of drug-likeness (QED) is 0.734. The SMILES string of the molecule is FC1(F)CCC1(c1ccccc1)c1ccccc1. The fourth-order valence-electron chi connectivity index (χ4n) is 2.89. The Morgan fingerprint density at radius 2 is 1.11 bits per heavy atom. The van der Waals surface area contributed by atoms with Crippen LogP contribution in [0, 0.1) is 0 Å². The van der Waals surface area contributed by atoms with Gasteiger partial charge in [0, 0.05) is 6.42 Å². The van der Waals surface area contributed by atoms with Gasteiger partial charge in [0.1, 0.15) is 0 Å². The maximum atomic E-state index is 14.2. The van der Waals surface area contributed by atoms with Crippen molar-refractivity contribution in [2.75, 3.05) is 0 Å². The van der Waals surface area contributed by atoms with Crippen molar-refractivity contribution in [3.63, 3.8) is 0 Å². The van der Waals surface area contributed by atoms with Gasteiger partial charge in [-0.3, -0.25) is 0 Å². The molecule has 0 saturated heterocycles. The Morgan fingerprint density at radius 3 is 1.39 bits per heavy atom. The van der Waals surface area contributed by atoms with E-state index in [1.54, 1.807) is 24.3 Å². The Kier molecular flexibility index (Phi) is 2.47. The van der Waals surface area contributed by atoms with Crippen molar-refractivity contribution in [3.05, 3.63) is 71.8 Å². The minimum atomic E-state index is -2.66. The van der Waals surface area contributed by atoms with Crippen molar-refractivity contribution >= 4 is 0 Å². The van der Waals surface area contributed by atoms with Gasteiger partial charge in [0.15, 0.2) is 0 Å². The molecule has 0 nitrogen and oxygen atoms in total. The molecule has 0 aromatic heterocycles. The predicted molar refractivity (Wildman–Crippen MR) is 67.8 cm³/mol. The molecule has 1 fully saturated rings. The standard InChI is InChI=1S/C16H14F2/c17-16(18)12-11-15(16,13-7-3-1-4-8-13)14-9-5-2-6-10-14/h1-10H,11-12H2. The van der Waals surface area contributed by atoms with E-state index in [4.69, 9.17) is 0 Å². The molecule has 1 aliphatic carbocycles. The van der Waals surface area contributed by atoms with Gasteiger partial charge in [0.05, 0.1) is 5.41 Å². The van der Waals surface area contributed by atoms with E-state index < -0.39 is 11.3 Å². The molecule has 0 unspecified atom stereocenters. The van der Waals surface area contributed by atoms with Crippen LogP contribution in [0.2, 0.25) is 0 Å². The maximum absolute atomic E-state index is 14.2. The van der Waals surface area contributed by atoms with E-state index >= 15 is 0 Å². The number of benzene rings is 2. The third-order valence-electron chi connectivity index (χ3n) is 3.97. The van der Waals surface area contributed by atoms with E-state index in [1.807, 2.05) is 36.4 Å². The zero-order valence-corrected chi connectivity index (χ0v) is 9.94. The Hall–Kier alpha value is -1.70. The Morgan fingerprint density at radius 1 is 0.667 bits per heavy atom. The first-order valence-corrected chi connectivity index (χ1v) is 6.16. The summed E-state index contributed by atoms with van der Waals surface area (Å²) in [5.41, 5.74) is 0.301. The minimum Gasteiger partial charge on any atom is -0.205 e. The van der Waals surface area contributed by atoms with Crippen molar-refractivity contribution < 1.29 is 8.78 Å². The average molecular weight is 244 g/mol. The average Bonchev–Trinajstić information content (AvgIpc) is 2.41. The van der Waals surface area contributed by atoms with Crippen LogP contribution in [0.4, 0.5) is 8.78 Å². The second-order valence-corrected chi connectivity index (χ2v) is 4.84. The lowest BCUT2D eigenvalue weighted by Crippen LogP contribution is -2.55. The lowest BCUT2D eigenvalue weighted by Gasteiger charge is -2.50. The van der Waals surface area contributed by atoms with Gasteiger partial charge >= 0.3 is 0 Å². The normalized spacial score (nSPS) is 20.1. The molecule has 0 atom stereocenters. The predicted octanol–water partition coefficient (Wildman–Crippen LogP) is 4.40. The number of halogens is 2. The lowest BCUT2D eigenvalue weighted by atomic mass is 9.57. The zero-order valence-electron chi connectivity index (χ0n) is 9.94. The summed E-state index contributed by atoms with van der Waals surface area (Å²) < 4.78 is 28.5. The fourth-order valence-corrected chi connectivity index (χ4v) is 2.89. The van der Waals surface area contributed by atoms with Crippen LogP contribution in [-0.2, 0) is 5.41 Å². The monoisotopic (exact) mass is 244 g/mol. The van der Waals surface area contributed by atoms with Crippen molar-refractivity contribution in [2.45, 2.75) is 24.2 Å². The second-order valence-electron chi connectivity index (χ2n) is 4.84. The van der Waals surface area contributed by atoms with Gasteiger partial charge in [-0.25, -0.2) is 8.78 Å². The molecular weight excluding hydrogens is 230 g/mol. The molecule has 2 aromatic carbocycles. The van der Waals surface area contributed by atoms with Crippen LogP contribution in [0.5, 0.6) is 0 Å². The highest BCUT2D eigenvalue weighted by Crippen LogP contribution is 2.58. The molecule has 0 aliphatic heterocycles. The van der Waals surface area contributed by atoms with Crippen molar-refractivity contribution in [1.29, 1.82) is 0 Å². The molecule has 2 aromatic rings. The van der Waals surface area contributed by atoms with Gasteiger partial charge in [0.2, 0.25) is 0 Å². The topological polar surface area (TPSA) is 0 Å². The van der Waals surface area contributed by atoms with E-state index in [-0.39, 0.29) is 6.42 Å². The first kappa shape index (κ1) is 11.4. The highest BCUT2D eigenvalue weighted by molar-refractivity contribution is 5.45. The summed E-state index contributed by atoms with van der Waals surface area (Å²) in [6.45, 7) is 0. The van der Waals surface area contributed by atoms with E-state index in [0.29, 0.717) is 17.5 Å². The van der Waals surface area contributed by atoms with Gasteiger partial charge in [-0.05, 0) is 17.5 Å². The lowest BCUT2D eigenvalue weighted by molar-refractivity contribution is -0.137. The first-order valence-electron chi connectivity index (χ1n) is 6.16. The highest BCUT2D eigenvalue weighted by atomic mass is 19.3. The molecule has 1 saturated carbocycles. The number of hydrogen-bond donors (Lipinski definition) is 0. The van der Waals surface area contributed by atoms with Crippen LogP contribution in [0.15, 0.2) is 60.7 Å². The van der Waals surface area contributed by atoms with Crippen LogP contribution in [0.25, 0.3) is 0 Å². The zero-order chi connectivity index (χ0) is 12.6. The molecule has 0 heterocycles. The van der Waals surface area contributed by atoms with Crippen LogP contribution in [-0.4, -0.2) is 5.92 Å². The van der Waals surface area contributed by atoms with Gasteiger partial charge in [-0.15, -0.1) is 0 Å². The van der Waals surface area contributed by atoms with E-state index in [2.05, 4.69) is 0 Å². The van der Waals surface area contributed by atoms with E-state index in [0.717, 1.165) is 0 Å². The van der Waals surface area contributed by atoms with Crippen LogP contribution >= 0.6 is 0 Å². The molecule has 0 radical (unpaired) electrons. The molecule has 92 valence electrons. The molecule has 0 amide bonds. The third kappa shape index (κ3) is 1.41. The van der Waals surface area contributed by atoms with Gasteiger partial charge in [-0.1, -0.05) is 60.7 Å². The van der Waals surface area contributed by atoms with Crippen molar-refractivity contribution in [1.82, 2.24) is 0 Å². The minimum absolute atomic E-state index is 0.0310. The summed E-state index contributed by atoms with van der Waals surface area (Å²) in [4.78, 5) is 0. The highest BCUT2D eigenvalue weighted by Gasteiger charge is 2.63. The van der Waals surface area contributed by atoms with Crippen LogP contribution in [0.1, 0.15) is 24.0 Å². The van der Waals surface area contributed by atoms with Gasteiger partial charge in [-0.2, -0.15) is 0 Å². The summed E-state index contributed by atoms with van der Waals surface area (Å²) in [7, 11) is 0. The van der Waals surface area contributed by atoms with E-state index in [1.165, 1.54) is 0 Å². The summed E-state index contributed by atoms with van der Waals surface area (Å²) in [5.74, 6) is -2.66. The summed E-state index contributed by atoms with van der Waals surface area (Å²) in [6.07, 6.45) is 0.477. The molecular formula is C16H14F2. The summed E-state index contributed by atoms with van der Waals surface area (Å²) >= 11 is 0. The molecule has 0 spiro atoms. The number of alkyl halides is 2. The Balaban J connectivity index is 2.18. The maximum Gasteiger partial charge on any atom is 0.261 e. The Bertz CT molecular complexity index is 492. The fraction of sp³-hybridized carbons (Fsp3) is 0.250. The molecule has 0 N–H and O–H groups in total. The molecule has 1 aliphatic rings. The van der Waals surface area contributed by atoms with E-state index in [9.17, 15) is 8.78 Å². The molecule has 2 heteroatoms. The second kappa shape index (κ2) is 3.91. The first-order chi connectivity index (χ1) is 8.67. The summed E-state index contributed by atoms with van der Waals surface area (Å²) in [6, 6.07) is 18.3. The van der Waals surface area contributed by atoms with Gasteiger partial charge < -0.3 is 0 Å².